The van der Waals surface area contributed by atoms with Crippen LogP contribution in [0.3, 0.4) is 0 Å². The van der Waals surface area contributed by atoms with Crippen molar-refractivity contribution < 1.29 is 23.8 Å². The van der Waals surface area contributed by atoms with Crippen LogP contribution in [0.2, 0.25) is 0 Å². The van der Waals surface area contributed by atoms with Crippen molar-refractivity contribution in [3.63, 3.8) is 0 Å². The molecule has 0 bridgehead atoms. The zero-order chi connectivity index (χ0) is 22.5. The summed E-state index contributed by atoms with van der Waals surface area (Å²) in [6.07, 6.45) is 3.20. The van der Waals surface area contributed by atoms with Crippen molar-refractivity contribution in [1.29, 1.82) is 0 Å². The van der Waals surface area contributed by atoms with Crippen LogP contribution in [0, 0.1) is 12.8 Å². The molecule has 6 heteroatoms. The van der Waals surface area contributed by atoms with Gasteiger partial charge in [0.05, 0.1) is 6.42 Å². The number of amides is 1. The van der Waals surface area contributed by atoms with E-state index in [0.29, 0.717) is 17.2 Å². The normalized spacial score (nSPS) is 14.4. The summed E-state index contributed by atoms with van der Waals surface area (Å²) in [5, 5.41) is 11.3. The number of ether oxygens (including phenoxy) is 1. The second-order valence-corrected chi connectivity index (χ2v) is 8.14. The Labute approximate surface area is 187 Å². The molecule has 32 heavy (non-hydrogen) atoms. The molecule has 1 heterocycles. The van der Waals surface area contributed by atoms with Crippen molar-refractivity contribution in [2.45, 2.75) is 38.7 Å². The van der Waals surface area contributed by atoms with Gasteiger partial charge in [0.2, 0.25) is 0 Å². The molecule has 1 amide bonds. The fraction of sp³-hybridized carbons (Fsp3) is 0.308. The summed E-state index contributed by atoms with van der Waals surface area (Å²) in [5.41, 5.74) is 2.56. The SMILES string of the molecule is Cc1oc(-c2ccccc2)cc1C(Oc1ccc(C(=O)NCCC(=O)O)cc1)C1CCC1. The van der Waals surface area contributed by atoms with E-state index in [2.05, 4.69) is 11.4 Å². The summed E-state index contributed by atoms with van der Waals surface area (Å²) >= 11 is 0. The van der Waals surface area contributed by atoms with E-state index < -0.39 is 5.97 Å². The fourth-order valence-electron chi connectivity index (χ4n) is 3.90. The van der Waals surface area contributed by atoms with Crippen molar-refractivity contribution in [3.05, 3.63) is 77.6 Å². The number of aliphatic carboxylic acids is 1. The van der Waals surface area contributed by atoms with Gasteiger partial charge in [0.25, 0.3) is 5.91 Å². The number of carbonyl (C=O) groups excluding carboxylic acids is 1. The van der Waals surface area contributed by atoms with Crippen molar-refractivity contribution in [3.8, 4) is 17.1 Å². The predicted octanol–water partition coefficient (Wildman–Crippen LogP) is 5.38. The number of carbonyl (C=O) groups is 2. The van der Waals surface area contributed by atoms with Crippen LogP contribution in [0.25, 0.3) is 11.3 Å². The molecule has 2 aromatic carbocycles. The molecule has 1 atom stereocenters. The number of rotatable bonds is 9. The van der Waals surface area contributed by atoms with E-state index in [1.807, 2.05) is 37.3 Å². The van der Waals surface area contributed by atoms with E-state index in [9.17, 15) is 9.59 Å². The minimum Gasteiger partial charge on any atom is -0.485 e. The molecule has 0 aliphatic heterocycles. The van der Waals surface area contributed by atoms with Crippen LogP contribution in [0.4, 0.5) is 0 Å². The predicted molar refractivity (Wildman–Crippen MR) is 121 cm³/mol. The van der Waals surface area contributed by atoms with Gasteiger partial charge in [-0.15, -0.1) is 0 Å². The maximum atomic E-state index is 12.2. The summed E-state index contributed by atoms with van der Waals surface area (Å²) in [4.78, 5) is 22.8. The highest BCUT2D eigenvalue weighted by molar-refractivity contribution is 5.94. The monoisotopic (exact) mass is 433 g/mol. The Hall–Kier alpha value is -3.54. The van der Waals surface area contributed by atoms with Crippen molar-refractivity contribution in [2.75, 3.05) is 6.54 Å². The lowest BCUT2D eigenvalue weighted by atomic mass is 9.78. The van der Waals surface area contributed by atoms with E-state index in [1.54, 1.807) is 24.3 Å². The van der Waals surface area contributed by atoms with Crippen molar-refractivity contribution in [1.82, 2.24) is 5.32 Å². The molecule has 1 fully saturated rings. The molecule has 1 aliphatic carbocycles. The lowest BCUT2D eigenvalue weighted by Crippen LogP contribution is -2.26. The first-order valence-electron chi connectivity index (χ1n) is 10.9. The van der Waals surface area contributed by atoms with Gasteiger partial charge in [-0.05, 0) is 50.1 Å². The third-order valence-corrected chi connectivity index (χ3v) is 5.90. The summed E-state index contributed by atoms with van der Waals surface area (Å²) in [6, 6.07) is 19.1. The number of hydrogen-bond donors (Lipinski definition) is 2. The summed E-state index contributed by atoms with van der Waals surface area (Å²) in [5.74, 6) is 1.56. The second kappa shape index (κ2) is 9.73. The van der Waals surface area contributed by atoms with E-state index in [-0.39, 0.29) is 25.0 Å². The Morgan fingerprint density at radius 1 is 1.12 bits per heavy atom. The summed E-state index contributed by atoms with van der Waals surface area (Å²) in [6.45, 7) is 2.07. The zero-order valence-corrected chi connectivity index (χ0v) is 18.0. The summed E-state index contributed by atoms with van der Waals surface area (Å²) in [7, 11) is 0. The Balaban J connectivity index is 1.49. The molecular weight excluding hydrogens is 406 g/mol. The topological polar surface area (TPSA) is 88.8 Å². The zero-order valence-electron chi connectivity index (χ0n) is 18.0. The van der Waals surface area contributed by atoms with E-state index in [4.69, 9.17) is 14.3 Å². The lowest BCUT2D eigenvalue weighted by Gasteiger charge is -2.33. The molecule has 6 nitrogen and oxygen atoms in total. The van der Waals surface area contributed by atoms with Crippen LogP contribution < -0.4 is 10.1 Å². The van der Waals surface area contributed by atoms with Gasteiger partial charge in [0.1, 0.15) is 23.4 Å². The highest BCUT2D eigenvalue weighted by atomic mass is 16.5. The number of carboxylic acid groups (broad SMARTS) is 1. The van der Waals surface area contributed by atoms with Gasteiger partial charge in [-0.3, -0.25) is 9.59 Å². The maximum Gasteiger partial charge on any atom is 0.305 e. The number of hydrogen-bond acceptors (Lipinski definition) is 4. The van der Waals surface area contributed by atoms with Crippen LogP contribution >= 0.6 is 0 Å². The molecule has 1 aliphatic rings. The minimum atomic E-state index is -0.943. The molecule has 4 rings (SSSR count). The maximum absolute atomic E-state index is 12.2. The molecule has 166 valence electrons. The highest BCUT2D eigenvalue weighted by Gasteiger charge is 2.33. The Morgan fingerprint density at radius 2 is 1.84 bits per heavy atom. The van der Waals surface area contributed by atoms with Gasteiger partial charge >= 0.3 is 5.97 Å². The largest absolute Gasteiger partial charge is 0.485 e. The van der Waals surface area contributed by atoms with Crippen LogP contribution in [-0.4, -0.2) is 23.5 Å². The van der Waals surface area contributed by atoms with Gasteiger partial charge in [-0.1, -0.05) is 36.8 Å². The Bertz CT molecular complexity index is 1070. The number of aryl methyl sites for hydroxylation is 1. The van der Waals surface area contributed by atoms with Crippen LogP contribution in [0.15, 0.2) is 65.1 Å². The molecule has 0 saturated heterocycles. The average molecular weight is 434 g/mol. The van der Waals surface area contributed by atoms with Gasteiger partial charge < -0.3 is 19.6 Å². The molecule has 3 aromatic rings. The molecule has 1 aromatic heterocycles. The molecule has 2 N–H and O–H groups in total. The van der Waals surface area contributed by atoms with Crippen LogP contribution in [-0.2, 0) is 4.79 Å². The van der Waals surface area contributed by atoms with Crippen LogP contribution in [0.1, 0.15) is 53.5 Å². The number of furan rings is 1. The molecule has 1 unspecified atom stereocenters. The van der Waals surface area contributed by atoms with E-state index in [1.165, 1.54) is 6.42 Å². The number of benzene rings is 2. The van der Waals surface area contributed by atoms with Crippen molar-refractivity contribution in [2.24, 2.45) is 5.92 Å². The lowest BCUT2D eigenvalue weighted by molar-refractivity contribution is -0.136. The quantitative estimate of drug-likeness (QED) is 0.473. The molecule has 0 spiro atoms. The summed E-state index contributed by atoms with van der Waals surface area (Å²) < 4.78 is 12.5. The van der Waals surface area contributed by atoms with Crippen LogP contribution in [0.5, 0.6) is 5.75 Å². The number of nitrogens with one attached hydrogen (secondary N) is 1. The smallest absolute Gasteiger partial charge is 0.305 e. The van der Waals surface area contributed by atoms with Gasteiger partial charge in [-0.2, -0.15) is 0 Å². The Morgan fingerprint density at radius 3 is 2.47 bits per heavy atom. The van der Waals surface area contributed by atoms with Gasteiger partial charge in [-0.25, -0.2) is 0 Å². The standard InChI is InChI=1S/C26H27NO5/c1-17-22(16-23(31-17)18-6-3-2-4-7-18)25(19-8-5-9-19)32-21-12-10-20(11-13-21)26(30)27-15-14-24(28)29/h2-4,6-7,10-13,16,19,25H,5,8-9,14-15H2,1H3,(H,27,30)(H,28,29). The minimum absolute atomic E-state index is 0.0969. The third kappa shape index (κ3) is 5.02. The first-order chi connectivity index (χ1) is 15.5. The first-order valence-corrected chi connectivity index (χ1v) is 10.9. The Kier molecular flexibility index (Phi) is 6.59. The molecular formula is C26H27NO5. The third-order valence-electron chi connectivity index (χ3n) is 5.90. The fourth-order valence-corrected chi connectivity index (χ4v) is 3.90. The van der Waals surface area contributed by atoms with Gasteiger partial charge in [0.15, 0.2) is 0 Å². The van der Waals surface area contributed by atoms with E-state index >= 15 is 0 Å². The first kappa shape index (κ1) is 21.7. The number of carboxylic acids is 1. The molecule has 0 radical (unpaired) electrons. The van der Waals surface area contributed by atoms with E-state index in [0.717, 1.165) is 35.5 Å². The van der Waals surface area contributed by atoms with Crippen molar-refractivity contribution >= 4 is 11.9 Å². The second-order valence-electron chi connectivity index (χ2n) is 8.14. The highest BCUT2D eigenvalue weighted by Crippen LogP contribution is 2.43. The average Bonchev–Trinajstić information content (AvgIpc) is 3.14. The van der Waals surface area contributed by atoms with Gasteiger partial charge in [0, 0.05) is 29.2 Å². The molecule has 1 saturated carbocycles.